The number of hydrogen-bond acceptors (Lipinski definition) is 6. The molecule has 0 radical (unpaired) electrons. The fourth-order valence-corrected chi connectivity index (χ4v) is 8.89. The van der Waals surface area contributed by atoms with Crippen LogP contribution in [-0.2, 0) is 28.6 Å². The highest BCUT2D eigenvalue weighted by Gasteiger charge is 2.19. The predicted octanol–water partition coefficient (Wildman–Crippen LogP) is 23.1. The molecule has 0 aromatic heterocycles. The zero-order chi connectivity index (χ0) is 58.5. The second-order valence-electron chi connectivity index (χ2n) is 21.6. The van der Waals surface area contributed by atoms with Crippen LogP contribution in [0.25, 0.3) is 0 Å². The summed E-state index contributed by atoms with van der Waals surface area (Å²) < 4.78 is 16.9. The van der Waals surface area contributed by atoms with Crippen LogP contribution in [-0.4, -0.2) is 37.2 Å². The monoisotopic (exact) mass is 1120 g/mol. The molecule has 81 heavy (non-hydrogen) atoms. The van der Waals surface area contributed by atoms with Crippen molar-refractivity contribution < 1.29 is 28.6 Å². The molecule has 0 saturated carbocycles. The van der Waals surface area contributed by atoms with Gasteiger partial charge >= 0.3 is 17.9 Å². The van der Waals surface area contributed by atoms with Crippen molar-refractivity contribution in [3.63, 3.8) is 0 Å². The Morgan fingerprint density at radius 2 is 0.481 bits per heavy atom. The molecular weight excluding hydrogens is 997 g/mol. The van der Waals surface area contributed by atoms with Crippen LogP contribution in [0.3, 0.4) is 0 Å². The van der Waals surface area contributed by atoms with Crippen molar-refractivity contribution in [1.29, 1.82) is 0 Å². The van der Waals surface area contributed by atoms with Gasteiger partial charge in [-0.15, -0.1) is 0 Å². The summed E-state index contributed by atoms with van der Waals surface area (Å²) in [6, 6.07) is 0. The SMILES string of the molecule is CC/C=C\C/C=C\C/C=C\C/C=C\C/C=C\C/C=C\CCCCCCCCCCCCC(=O)OCC(COC(=O)CCCCCCC/C=C\C/C=C\CCC)OC(=O)CCCCCCCCCC/C=C\C/C=C\C/C=C\C/C=C\CC. The standard InChI is InChI=1S/C75H122O6/c1-4-7-10-13-16-19-22-25-27-29-31-33-34-35-36-37-38-39-40-42-43-45-47-50-53-56-59-62-65-68-74(77)80-71-72(70-79-73(76)67-64-61-58-55-52-49-24-21-18-15-12-9-6-3)81-75(78)69-66-63-60-57-54-51-48-46-44-41-32-30-28-26-23-20-17-14-11-8-5-2/h7-8,10-12,15-17,19-21,24-28,31-33,35-36,38-39,41,72H,4-6,9,13-14,18,22-23,29-30,34,37,40,42-71H2,1-3H3/b10-7-,11-8-,15-12-,19-16-,20-17-,24-21-,27-25-,28-26-,33-31-,36-35-,39-38-,41-32-. The number of carbonyl (C=O) groups excluding carboxylic acids is 3. The third kappa shape index (κ3) is 66.0. The lowest BCUT2D eigenvalue weighted by atomic mass is 10.1. The first kappa shape index (κ1) is 76.3. The molecule has 458 valence electrons. The lowest BCUT2D eigenvalue weighted by molar-refractivity contribution is -0.167. The number of unbranched alkanes of at least 4 members (excludes halogenated alkanes) is 24. The van der Waals surface area contributed by atoms with Crippen LogP contribution in [0.1, 0.15) is 290 Å². The van der Waals surface area contributed by atoms with Crippen LogP contribution in [0.4, 0.5) is 0 Å². The molecule has 0 aromatic rings. The Hall–Kier alpha value is -4.71. The summed E-state index contributed by atoms with van der Waals surface area (Å²) >= 11 is 0. The molecule has 0 N–H and O–H groups in total. The first-order chi connectivity index (χ1) is 40.0. The lowest BCUT2D eigenvalue weighted by Gasteiger charge is -2.18. The van der Waals surface area contributed by atoms with Gasteiger partial charge < -0.3 is 14.2 Å². The van der Waals surface area contributed by atoms with Gasteiger partial charge in [0.05, 0.1) is 0 Å². The zero-order valence-electron chi connectivity index (χ0n) is 52.5. The van der Waals surface area contributed by atoms with E-state index in [1.165, 1.54) is 89.9 Å². The average Bonchev–Trinajstić information content (AvgIpc) is 3.46. The highest BCUT2D eigenvalue weighted by atomic mass is 16.6. The number of allylic oxidation sites excluding steroid dienone is 24. The molecule has 0 spiro atoms. The van der Waals surface area contributed by atoms with Gasteiger partial charge in [-0.2, -0.15) is 0 Å². The van der Waals surface area contributed by atoms with E-state index in [1.807, 2.05) is 0 Å². The maximum atomic E-state index is 12.9. The van der Waals surface area contributed by atoms with Gasteiger partial charge in [0.15, 0.2) is 6.10 Å². The van der Waals surface area contributed by atoms with Crippen LogP contribution >= 0.6 is 0 Å². The summed E-state index contributed by atoms with van der Waals surface area (Å²) in [6.45, 7) is 6.34. The molecule has 1 atom stereocenters. The highest BCUT2D eigenvalue weighted by Crippen LogP contribution is 2.16. The largest absolute Gasteiger partial charge is 0.462 e. The van der Waals surface area contributed by atoms with Crippen LogP contribution in [0.15, 0.2) is 146 Å². The molecule has 0 fully saturated rings. The normalized spacial score (nSPS) is 13.1. The second-order valence-corrected chi connectivity index (χ2v) is 21.6. The van der Waals surface area contributed by atoms with Crippen LogP contribution in [0, 0.1) is 0 Å². The van der Waals surface area contributed by atoms with Gasteiger partial charge in [-0.25, -0.2) is 0 Å². The highest BCUT2D eigenvalue weighted by molar-refractivity contribution is 5.71. The maximum Gasteiger partial charge on any atom is 0.306 e. The summed E-state index contributed by atoms with van der Waals surface area (Å²) in [5.74, 6) is -0.917. The minimum atomic E-state index is -0.797. The molecule has 0 aliphatic carbocycles. The van der Waals surface area contributed by atoms with Gasteiger partial charge in [-0.05, 0) is 135 Å². The molecule has 1 unspecified atom stereocenters. The summed E-state index contributed by atoms with van der Waals surface area (Å²) in [5.41, 5.74) is 0. The Kier molecular flexibility index (Phi) is 63.9. The van der Waals surface area contributed by atoms with Gasteiger partial charge in [0.1, 0.15) is 13.2 Å². The first-order valence-electron chi connectivity index (χ1n) is 33.3. The third-order valence-corrected chi connectivity index (χ3v) is 13.8. The fraction of sp³-hybridized carbons (Fsp3) is 0.640. The number of ether oxygens (including phenoxy) is 3. The van der Waals surface area contributed by atoms with E-state index in [0.717, 1.165) is 161 Å². The van der Waals surface area contributed by atoms with Crippen molar-refractivity contribution in [2.45, 2.75) is 297 Å². The van der Waals surface area contributed by atoms with E-state index in [1.54, 1.807) is 0 Å². The van der Waals surface area contributed by atoms with Crippen molar-refractivity contribution in [2.75, 3.05) is 13.2 Å². The predicted molar refractivity (Wildman–Crippen MR) is 352 cm³/mol. The fourth-order valence-electron chi connectivity index (χ4n) is 8.89. The van der Waals surface area contributed by atoms with E-state index < -0.39 is 6.10 Å². The van der Waals surface area contributed by atoms with Crippen molar-refractivity contribution in [2.24, 2.45) is 0 Å². The van der Waals surface area contributed by atoms with Crippen molar-refractivity contribution >= 4 is 17.9 Å². The minimum absolute atomic E-state index is 0.0923. The van der Waals surface area contributed by atoms with Crippen molar-refractivity contribution in [3.8, 4) is 0 Å². The number of carbonyl (C=O) groups is 3. The number of rotatable bonds is 59. The molecule has 0 aliphatic heterocycles. The second kappa shape index (κ2) is 67.8. The van der Waals surface area contributed by atoms with E-state index >= 15 is 0 Å². The van der Waals surface area contributed by atoms with E-state index in [2.05, 4.69) is 167 Å². The number of esters is 3. The molecule has 0 aliphatic rings. The van der Waals surface area contributed by atoms with Gasteiger partial charge in [-0.1, -0.05) is 282 Å². The van der Waals surface area contributed by atoms with E-state index in [9.17, 15) is 14.4 Å². The molecule has 6 nitrogen and oxygen atoms in total. The first-order valence-corrected chi connectivity index (χ1v) is 33.3. The van der Waals surface area contributed by atoms with Crippen LogP contribution < -0.4 is 0 Å². The Balaban J connectivity index is 4.34. The van der Waals surface area contributed by atoms with Crippen molar-refractivity contribution in [3.05, 3.63) is 146 Å². The molecule has 6 heteroatoms. The lowest BCUT2D eigenvalue weighted by Crippen LogP contribution is -2.30. The summed E-state index contributed by atoms with van der Waals surface area (Å²) in [6.07, 6.45) is 97.1. The minimum Gasteiger partial charge on any atom is -0.462 e. The van der Waals surface area contributed by atoms with Gasteiger partial charge in [0.2, 0.25) is 0 Å². The quantitative estimate of drug-likeness (QED) is 0.0261. The van der Waals surface area contributed by atoms with E-state index in [-0.39, 0.29) is 31.1 Å². The molecule has 0 amide bonds. The van der Waals surface area contributed by atoms with Crippen molar-refractivity contribution in [1.82, 2.24) is 0 Å². The molecule has 0 rings (SSSR count). The van der Waals surface area contributed by atoms with Gasteiger partial charge in [0.25, 0.3) is 0 Å². The molecule has 0 heterocycles. The Morgan fingerprint density at radius 3 is 0.753 bits per heavy atom. The summed E-state index contributed by atoms with van der Waals surface area (Å²) in [7, 11) is 0. The Bertz CT molecular complexity index is 1760. The summed E-state index contributed by atoms with van der Waals surface area (Å²) in [4.78, 5) is 38.4. The van der Waals surface area contributed by atoms with Gasteiger partial charge in [-0.3, -0.25) is 14.4 Å². The molecular formula is C75H122O6. The van der Waals surface area contributed by atoms with E-state index in [0.29, 0.717) is 19.3 Å². The summed E-state index contributed by atoms with van der Waals surface area (Å²) in [5, 5.41) is 0. The van der Waals surface area contributed by atoms with Gasteiger partial charge in [0, 0.05) is 19.3 Å². The Labute approximate surface area is 499 Å². The third-order valence-electron chi connectivity index (χ3n) is 13.8. The molecule has 0 saturated heterocycles. The molecule has 0 bridgehead atoms. The Morgan fingerprint density at radius 1 is 0.259 bits per heavy atom. The average molecular weight is 1120 g/mol. The molecule has 0 aromatic carbocycles. The maximum absolute atomic E-state index is 12.9. The topological polar surface area (TPSA) is 78.9 Å². The van der Waals surface area contributed by atoms with Crippen LogP contribution in [0.5, 0.6) is 0 Å². The zero-order valence-corrected chi connectivity index (χ0v) is 52.5. The van der Waals surface area contributed by atoms with E-state index in [4.69, 9.17) is 14.2 Å². The van der Waals surface area contributed by atoms with Crippen LogP contribution in [0.2, 0.25) is 0 Å². The number of hydrogen-bond donors (Lipinski definition) is 0. The smallest absolute Gasteiger partial charge is 0.306 e.